The van der Waals surface area contributed by atoms with Gasteiger partial charge in [0.1, 0.15) is 5.82 Å². The Morgan fingerprint density at radius 1 is 1.38 bits per heavy atom. The highest BCUT2D eigenvalue weighted by molar-refractivity contribution is 5.39. The van der Waals surface area contributed by atoms with Gasteiger partial charge in [-0.15, -0.1) is 0 Å². The van der Waals surface area contributed by atoms with E-state index in [9.17, 15) is 13.2 Å². The zero-order valence-electron chi connectivity index (χ0n) is 8.80. The van der Waals surface area contributed by atoms with Crippen LogP contribution in [0.2, 0.25) is 0 Å². The average Bonchev–Trinajstić information content (AvgIpc) is 2.09. The first-order valence-electron chi connectivity index (χ1n) is 4.78. The molecule has 7 heteroatoms. The molecule has 0 saturated heterocycles. The second kappa shape index (κ2) is 5.00. The summed E-state index contributed by atoms with van der Waals surface area (Å²) in [6.07, 6.45) is -4.91. The fraction of sp³-hybridized carbons (Fsp3) is 0.556. The van der Waals surface area contributed by atoms with Gasteiger partial charge in [-0.05, 0) is 13.3 Å². The molecule has 1 aromatic heterocycles. The molecule has 0 aliphatic carbocycles. The van der Waals surface area contributed by atoms with Crippen molar-refractivity contribution < 1.29 is 13.2 Å². The number of alkyl halides is 3. The second-order valence-corrected chi connectivity index (χ2v) is 3.40. The Balaban J connectivity index is 2.37. The molecule has 16 heavy (non-hydrogen) atoms. The Labute approximate surface area is 91.1 Å². The molecule has 0 saturated carbocycles. The van der Waals surface area contributed by atoms with E-state index < -0.39 is 12.6 Å². The summed E-state index contributed by atoms with van der Waals surface area (Å²) < 4.78 is 35.5. The van der Waals surface area contributed by atoms with Crippen molar-refractivity contribution in [2.45, 2.75) is 25.9 Å². The summed E-state index contributed by atoms with van der Waals surface area (Å²) >= 11 is 0. The summed E-state index contributed by atoms with van der Waals surface area (Å²) in [4.78, 5) is 7.69. The van der Waals surface area contributed by atoms with Crippen LogP contribution in [0, 0.1) is 6.92 Å². The predicted molar refractivity (Wildman–Crippen MR) is 55.0 cm³/mol. The van der Waals surface area contributed by atoms with Gasteiger partial charge < -0.3 is 11.1 Å². The summed E-state index contributed by atoms with van der Waals surface area (Å²) in [5, 5.41) is 2.77. The predicted octanol–water partition coefficient (Wildman–Crippen LogP) is 2.12. The van der Waals surface area contributed by atoms with E-state index in [1.54, 1.807) is 13.0 Å². The number of nitrogens with zero attached hydrogens (tertiary/aromatic N) is 2. The number of halogens is 3. The van der Waals surface area contributed by atoms with Crippen LogP contribution >= 0.6 is 0 Å². The quantitative estimate of drug-likeness (QED) is 0.783. The van der Waals surface area contributed by atoms with E-state index in [0.717, 1.165) is 0 Å². The molecule has 90 valence electrons. The zero-order chi connectivity index (χ0) is 12.2. The lowest BCUT2D eigenvalue weighted by Gasteiger charge is -2.08. The van der Waals surface area contributed by atoms with E-state index >= 15 is 0 Å². The minimum absolute atomic E-state index is 0.00640. The number of nitrogens with two attached hydrogens (primary N) is 1. The van der Waals surface area contributed by atoms with Crippen LogP contribution in [0.3, 0.4) is 0 Å². The number of nitrogens with one attached hydrogen (secondary N) is 1. The largest absolute Gasteiger partial charge is 0.389 e. The minimum atomic E-state index is -4.11. The summed E-state index contributed by atoms with van der Waals surface area (Å²) in [7, 11) is 0. The van der Waals surface area contributed by atoms with Gasteiger partial charge in [0.05, 0.1) is 0 Å². The Kier molecular flexibility index (Phi) is 3.92. The third-order valence-corrected chi connectivity index (χ3v) is 1.81. The molecule has 3 N–H and O–H groups in total. The van der Waals surface area contributed by atoms with Crippen molar-refractivity contribution in [2.24, 2.45) is 0 Å². The molecule has 0 aromatic carbocycles. The van der Waals surface area contributed by atoms with E-state index in [4.69, 9.17) is 5.73 Å². The SMILES string of the molecule is Cc1cc(NCCCC(F)(F)F)nc(N)n1. The number of nitrogen functional groups attached to an aromatic ring is 1. The van der Waals surface area contributed by atoms with Crippen LogP contribution < -0.4 is 11.1 Å². The molecular weight excluding hydrogens is 221 g/mol. The molecule has 0 bridgehead atoms. The molecule has 0 atom stereocenters. The minimum Gasteiger partial charge on any atom is -0.370 e. The van der Waals surface area contributed by atoms with Crippen molar-refractivity contribution in [3.05, 3.63) is 11.8 Å². The fourth-order valence-corrected chi connectivity index (χ4v) is 1.19. The van der Waals surface area contributed by atoms with Crippen LogP contribution in [-0.4, -0.2) is 22.7 Å². The molecule has 1 heterocycles. The van der Waals surface area contributed by atoms with Crippen molar-refractivity contribution in [2.75, 3.05) is 17.6 Å². The lowest BCUT2D eigenvalue weighted by molar-refractivity contribution is -0.134. The van der Waals surface area contributed by atoms with Crippen LogP contribution in [0.4, 0.5) is 24.9 Å². The zero-order valence-corrected chi connectivity index (χ0v) is 8.80. The van der Waals surface area contributed by atoms with Gasteiger partial charge in [-0.2, -0.15) is 18.2 Å². The van der Waals surface area contributed by atoms with E-state index in [0.29, 0.717) is 11.5 Å². The standard InChI is InChI=1S/C9H13F3N4/c1-6-5-7(16-8(13)15-6)14-4-2-3-9(10,11)12/h5H,2-4H2,1H3,(H3,13,14,15,16). The first-order valence-corrected chi connectivity index (χ1v) is 4.78. The highest BCUT2D eigenvalue weighted by Gasteiger charge is 2.25. The van der Waals surface area contributed by atoms with E-state index in [-0.39, 0.29) is 18.9 Å². The number of rotatable bonds is 4. The molecule has 4 nitrogen and oxygen atoms in total. The summed E-state index contributed by atoms with van der Waals surface area (Å²) in [5.74, 6) is 0.561. The molecule has 0 radical (unpaired) electrons. The van der Waals surface area contributed by atoms with Gasteiger partial charge in [0.2, 0.25) is 5.95 Å². The third-order valence-electron chi connectivity index (χ3n) is 1.81. The van der Waals surface area contributed by atoms with Gasteiger partial charge in [-0.25, -0.2) is 4.98 Å². The molecular formula is C9H13F3N4. The summed E-state index contributed by atoms with van der Waals surface area (Å²) in [6.45, 7) is 1.94. The van der Waals surface area contributed by atoms with Gasteiger partial charge >= 0.3 is 6.18 Å². The number of hydrogen-bond donors (Lipinski definition) is 2. The molecule has 0 fully saturated rings. The maximum absolute atomic E-state index is 11.8. The number of anilines is 2. The first kappa shape index (κ1) is 12.5. The van der Waals surface area contributed by atoms with Gasteiger partial charge in [-0.1, -0.05) is 0 Å². The molecule has 0 aliphatic rings. The Morgan fingerprint density at radius 2 is 2.06 bits per heavy atom. The van der Waals surface area contributed by atoms with Crippen molar-refractivity contribution in [3.8, 4) is 0 Å². The fourth-order valence-electron chi connectivity index (χ4n) is 1.19. The highest BCUT2D eigenvalue weighted by atomic mass is 19.4. The molecule has 1 aromatic rings. The molecule has 0 unspecified atom stereocenters. The van der Waals surface area contributed by atoms with Gasteiger partial charge in [0, 0.05) is 24.7 Å². The lowest BCUT2D eigenvalue weighted by atomic mass is 10.3. The van der Waals surface area contributed by atoms with Crippen LogP contribution in [-0.2, 0) is 0 Å². The second-order valence-electron chi connectivity index (χ2n) is 3.40. The van der Waals surface area contributed by atoms with E-state index in [2.05, 4.69) is 15.3 Å². The number of hydrogen-bond acceptors (Lipinski definition) is 4. The van der Waals surface area contributed by atoms with Crippen molar-refractivity contribution >= 4 is 11.8 Å². The topological polar surface area (TPSA) is 63.8 Å². The van der Waals surface area contributed by atoms with Crippen molar-refractivity contribution in [1.29, 1.82) is 0 Å². The summed E-state index contributed by atoms with van der Waals surface area (Å²) in [5.41, 5.74) is 6.06. The Hall–Kier alpha value is -1.53. The highest BCUT2D eigenvalue weighted by Crippen LogP contribution is 2.21. The van der Waals surface area contributed by atoms with Crippen LogP contribution in [0.1, 0.15) is 18.5 Å². The normalized spacial score (nSPS) is 11.5. The Bertz CT molecular complexity index is 331. The smallest absolute Gasteiger partial charge is 0.370 e. The maximum atomic E-state index is 11.8. The molecule has 0 spiro atoms. The first-order chi connectivity index (χ1) is 7.37. The van der Waals surface area contributed by atoms with E-state index in [1.165, 1.54) is 0 Å². The van der Waals surface area contributed by atoms with Gasteiger partial charge in [0.25, 0.3) is 0 Å². The van der Waals surface area contributed by atoms with Crippen molar-refractivity contribution in [1.82, 2.24) is 9.97 Å². The monoisotopic (exact) mass is 234 g/mol. The van der Waals surface area contributed by atoms with Gasteiger partial charge in [-0.3, -0.25) is 0 Å². The summed E-state index contributed by atoms with van der Waals surface area (Å²) in [6, 6.07) is 1.63. The molecule has 0 aliphatic heterocycles. The third kappa shape index (κ3) is 4.81. The average molecular weight is 234 g/mol. The maximum Gasteiger partial charge on any atom is 0.389 e. The molecule has 1 rings (SSSR count). The number of aromatic nitrogens is 2. The van der Waals surface area contributed by atoms with E-state index in [1.807, 2.05) is 0 Å². The lowest BCUT2D eigenvalue weighted by Crippen LogP contribution is -2.12. The van der Waals surface area contributed by atoms with Crippen molar-refractivity contribution in [3.63, 3.8) is 0 Å². The number of aryl methyl sites for hydroxylation is 1. The van der Waals surface area contributed by atoms with Crippen LogP contribution in [0.5, 0.6) is 0 Å². The van der Waals surface area contributed by atoms with Gasteiger partial charge in [0.15, 0.2) is 0 Å². The Morgan fingerprint density at radius 3 is 2.62 bits per heavy atom. The molecule has 0 amide bonds. The van der Waals surface area contributed by atoms with Crippen LogP contribution in [0.15, 0.2) is 6.07 Å². The van der Waals surface area contributed by atoms with Crippen LogP contribution in [0.25, 0.3) is 0 Å².